The third-order valence-corrected chi connectivity index (χ3v) is 5.02. The smallest absolute Gasteiger partial charge is 0.227 e. The van der Waals surface area contributed by atoms with Gasteiger partial charge in [-0.25, -0.2) is 4.39 Å². The molecule has 2 aromatic rings. The fourth-order valence-corrected chi connectivity index (χ4v) is 3.43. The highest BCUT2D eigenvalue weighted by Gasteiger charge is 2.26. The average Bonchev–Trinajstić information content (AvgIpc) is 2.70. The van der Waals surface area contributed by atoms with Gasteiger partial charge in [0.1, 0.15) is 5.82 Å². The van der Waals surface area contributed by atoms with Gasteiger partial charge in [-0.2, -0.15) is 0 Å². The Balaban J connectivity index is 1.48. The van der Waals surface area contributed by atoms with Crippen LogP contribution in [0.3, 0.4) is 0 Å². The molecule has 1 aliphatic heterocycles. The number of nitrogens with zero attached hydrogens (tertiary/aromatic N) is 2. The van der Waals surface area contributed by atoms with E-state index < -0.39 is 0 Å². The van der Waals surface area contributed by atoms with Gasteiger partial charge in [-0.15, -0.1) is 0 Å². The first kappa shape index (κ1) is 19.1. The Kier molecular flexibility index (Phi) is 6.22. The van der Waals surface area contributed by atoms with Crippen LogP contribution in [0, 0.1) is 11.7 Å². The fraction of sp³-hybridized carbons (Fsp3) is 0.364. The van der Waals surface area contributed by atoms with Crippen LogP contribution in [0.25, 0.3) is 0 Å². The van der Waals surface area contributed by atoms with E-state index in [9.17, 15) is 14.0 Å². The van der Waals surface area contributed by atoms with Crippen LogP contribution in [0.4, 0.5) is 4.39 Å². The largest absolute Gasteiger partial charge is 0.339 e. The molecule has 0 saturated carbocycles. The van der Waals surface area contributed by atoms with E-state index in [4.69, 9.17) is 0 Å². The van der Waals surface area contributed by atoms with Crippen molar-refractivity contribution in [2.75, 3.05) is 26.2 Å². The van der Waals surface area contributed by atoms with Crippen molar-refractivity contribution in [2.45, 2.75) is 19.8 Å². The fourth-order valence-electron chi connectivity index (χ4n) is 3.43. The summed E-state index contributed by atoms with van der Waals surface area (Å²) < 4.78 is 13.0. The molecular weight excluding hydrogens is 343 g/mol. The van der Waals surface area contributed by atoms with Gasteiger partial charge in [-0.1, -0.05) is 49.4 Å². The van der Waals surface area contributed by atoms with Gasteiger partial charge in [0.05, 0.1) is 6.42 Å². The lowest BCUT2D eigenvalue weighted by Crippen LogP contribution is -2.52. The summed E-state index contributed by atoms with van der Waals surface area (Å²) in [6.45, 7) is 4.17. The van der Waals surface area contributed by atoms with Crippen LogP contribution in [0.5, 0.6) is 0 Å². The molecule has 142 valence electrons. The number of carbonyl (C=O) groups excluding carboxylic acids is 2. The summed E-state index contributed by atoms with van der Waals surface area (Å²) in [6, 6.07) is 16.0. The monoisotopic (exact) mass is 368 g/mol. The maximum Gasteiger partial charge on any atom is 0.227 e. The van der Waals surface area contributed by atoms with Crippen LogP contribution >= 0.6 is 0 Å². The molecule has 2 aromatic carbocycles. The summed E-state index contributed by atoms with van der Waals surface area (Å²) in [5.74, 6) is -0.238. The quantitative estimate of drug-likeness (QED) is 0.814. The van der Waals surface area contributed by atoms with Crippen molar-refractivity contribution >= 4 is 11.8 Å². The Morgan fingerprint density at radius 3 is 2.11 bits per heavy atom. The first-order valence-corrected chi connectivity index (χ1v) is 9.38. The molecule has 0 spiro atoms. The van der Waals surface area contributed by atoms with Gasteiger partial charge in [-0.05, 0) is 29.7 Å². The van der Waals surface area contributed by atoms with Gasteiger partial charge in [0.15, 0.2) is 0 Å². The summed E-state index contributed by atoms with van der Waals surface area (Å²) >= 11 is 0. The van der Waals surface area contributed by atoms with E-state index in [1.807, 2.05) is 47.1 Å². The molecule has 1 unspecified atom stereocenters. The van der Waals surface area contributed by atoms with E-state index in [2.05, 4.69) is 0 Å². The molecule has 0 bridgehead atoms. The molecule has 1 atom stereocenters. The van der Waals surface area contributed by atoms with Gasteiger partial charge in [0.2, 0.25) is 11.8 Å². The Labute approximate surface area is 159 Å². The van der Waals surface area contributed by atoms with Crippen molar-refractivity contribution in [2.24, 2.45) is 5.92 Å². The van der Waals surface area contributed by atoms with Crippen LogP contribution in [0.15, 0.2) is 54.6 Å². The molecule has 0 aromatic heterocycles. The van der Waals surface area contributed by atoms with Crippen LogP contribution < -0.4 is 0 Å². The maximum atomic E-state index is 13.0. The molecular formula is C22H25FN2O2. The average molecular weight is 368 g/mol. The van der Waals surface area contributed by atoms with Crippen LogP contribution in [0.2, 0.25) is 0 Å². The lowest BCUT2D eigenvalue weighted by molar-refractivity contribution is -0.141. The van der Waals surface area contributed by atoms with Gasteiger partial charge in [0, 0.05) is 32.1 Å². The number of hydrogen-bond donors (Lipinski definition) is 0. The molecule has 1 saturated heterocycles. The molecule has 3 rings (SSSR count). The van der Waals surface area contributed by atoms with Gasteiger partial charge in [-0.3, -0.25) is 9.59 Å². The topological polar surface area (TPSA) is 40.6 Å². The van der Waals surface area contributed by atoms with Crippen molar-refractivity contribution in [3.05, 3.63) is 71.5 Å². The second kappa shape index (κ2) is 8.80. The predicted molar refractivity (Wildman–Crippen MR) is 103 cm³/mol. The van der Waals surface area contributed by atoms with E-state index in [-0.39, 0.29) is 23.5 Å². The minimum absolute atomic E-state index is 0.0921. The van der Waals surface area contributed by atoms with E-state index in [1.54, 1.807) is 12.1 Å². The van der Waals surface area contributed by atoms with Crippen molar-refractivity contribution in [3.8, 4) is 0 Å². The molecule has 0 N–H and O–H groups in total. The molecule has 1 heterocycles. The summed E-state index contributed by atoms with van der Waals surface area (Å²) in [7, 11) is 0. The highest BCUT2D eigenvalue weighted by molar-refractivity contribution is 5.81. The molecule has 4 nitrogen and oxygen atoms in total. The minimum atomic E-state index is -0.269. The standard InChI is InChI=1S/C22H25FN2O2/c1-17(15-19-7-9-20(23)10-8-19)22(27)25-13-11-24(12-14-25)21(26)16-18-5-3-2-4-6-18/h2-10,17H,11-16H2,1H3. The number of carbonyl (C=O) groups is 2. The SMILES string of the molecule is CC(Cc1ccc(F)cc1)C(=O)N1CCN(C(=O)Cc2ccccc2)CC1. The molecule has 2 amide bonds. The number of amides is 2. The number of benzene rings is 2. The molecule has 1 aliphatic rings. The maximum absolute atomic E-state index is 13.0. The molecule has 5 heteroatoms. The third kappa shape index (κ3) is 5.16. The van der Waals surface area contributed by atoms with Gasteiger partial charge < -0.3 is 9.80 Å². The number of rotatable bonds is 5. The summed E-state index contributed by atoms with van der Waals surface area (Å²) in [4.78, 5) is 28.8. The number of hydrogen-bond acceptors (Lipinski definition) is 2. The lowest BCUT2D eigenvalue weighted by Gasteiger charge is -2.36. The minimum Gasteiger partial charge on any atom is -0.339 e. The normalized spacial score (nSPS) is 15.5. The van der Waals surface area contributed by atoms with Crippen molar-refractivity contribution in [1.82, 2.24) is 9.80 Å². The zero-order chi connectivity index (χ0) is 19.2. The van der Waals surface area contributed by atoms with E-state index in [0.717, 1.165) is 11.1 Å². The van der Waals surface area contributed by atoms with Gasteiger partial charge >= 0.3 is 0 Å². The molecule has 0 aliphatic carbocycles. The van der Waals surface area contributed by atoms with E-state index in [0.29, 0.717) is 39.0 Å². The van der Waals surface area contributed by atoms with Crippen molar-refractivity contribution in [1.29, 1.82) is 0 Å². The highest BCUT2D eigenvalue weighted by atomic mass is 19.1. The zero-order valence-corrected chi connectivity index (χ0v) is 15.6. The van der Waals surface area contributed by atoms with Crippen molar-refractivity contribution in [3.63, 3.8) is 0 Å². The second-order valence-corrected chi connectivity index (χ2v) is 7.10. The van der Waals surface area contributed by atoms with Crippen molar-refractivity contribution < 1.29 is 14.0 Å². The Morgan fingerprint density at radius 1 is 0.889 bits per heavy atom. The number of halogens is 1. The highest BCUT2D eigenvalue weighted by Crippen LogP contribution is 2.14. The second-order valence-electron chi connectivity index (χ2n) is 7.10. The zero-order valence-electron chi connectivity index (χ0n) is 15.6. The van der Waals surface area contributed by atoms with Gasteiger partial charge in [0.25, 0.3) is 0 Å². The van der Waals surface area contributed by atoms with Crippen LogP contribution in [-0.4, -0.2) is 47.8 Å². The summed E-state index contributed by atoms with van der Waals surface area (Å²) in [5.41, 5.74) is 1.96. The lowest BCUT2D eigenvalue weighted by atomic mass is 9.99. The molecule has 27 heavy (non-hydrogen) atoms. The van der Waals surface area contributed by atoms with E-state index in [1.165, 1.54) is 12.1 Å². The Bertz CT molecular complexity index is 769. The molecule has 0 radical (unpaired) electrons. The third-order valence-electron chi connectivity index (χ3n) is 5.02. The summed E-state index contributed by atoms with van der Waals surface area (Å²) in [5, 5.41) is 0. The first-order chi connectivity index (χ1) is 13.0. The van der Waals surface area contributed by atoms with Crippen LogP contribution in [-0.2, 0) is 22.4 Å². The first-order valence-electron chi connectivity index (χ1n) is 9.38. The number of piperazine rings is 1. The van der Waals surface area contributed by atoms with Crippen LogP contribution in [0.1, 0.15) is 18.1 Å². The van der Waals surface area contributed by atoms with E-state index >= 15 is 0 Å². The predicted octanol–water partition coefficient (Wildman–Crippen LogP) is 2.92. The Morgan fingerprint density at radius 2 is 1.48 bits per heavy atom. The molecule has 1 fully saturated rings. The summed E-state index contributed by atoms with van der Waals surface area (Å²) in [6.07, 6.45) is 0.988. The Hall–Kier alpha value is -2.69.